The molecule has 2 aromatic heterocycles. The minimum absolute atomic E-state index is 0.124. The van der Waals surface area contributed by atoms with E-state index in [-0.39, 0.29) is 5.88 Å². The lowest BCUT2D eigenvalue weighted by atomic mass is 10.3. The van der Waals surface area contributed by atoms with Crippen LogP contribution in [0.25, 0.3) is 10.6 Å². The third kappa shape index (κ3) is 15.4. The Labute approximate surface area is 194 Å². The number of hydrogen-bond acceptors (Lipinski definition) is 7. The molecule has 0 fully saturated rings. The molecule has 5 nitrogen and oxygen atoms in total. The maximum Gasteiger partial charge on any atom is 0.388 e. The van der Waals surface area contributed by atoms with Crippen molar-refractivity contribution in [2.45, 2.75) is 68.4 Å². The first kappa shape index (κ1) is 33.2. The van der Waals surface area contributed by atoms with Gasteiger partial charge in [-0.15, -0.1) is 24.0 Å². The van der Waals surface area contributed by atoms with Crippen LogP contribution in [-0.2, 0) is 0 Å². The van der Waals surface area contributed by atoms with Crippen molar-refractivity contribution in [3.05, 3.63) is 39.5 Å². The van der Waals surface area contributed by atoms with Gasteiger partial charge < -0.3 is 10.2 Å². The Kier molecular flexibility index (Phi) is 24.7. The number of ether oxygens (including phenoxy) is 1. The summed E-state index contributed by atoms with van der Waals surface area (Å²) in [6, 6.07) is 2.96. The van der Waals surface area contributed by atoms with Crippen LogP contribution in [0.1, 0.15) is 61.8 Å². The number of nitrogens with zero attached hydrogens (tertiary/aromatic N) is 2. The molecule has 0 unspecified atom stereocenters. The van der Waals surface area contributed by atoms with Gasteiger partial charge in [0, 0.05) is 28.9 Å². The highest BCUT2D eigenvalue weighted by Crippen LogP contribution is 2.26. The SMILES string of the molecule is CC.CC.CC.CC/C(NN)=C(\C)S.FC(F)Oc1ccc(-c2nc(Cl)cs2)cn1. The van der Waals surface area contributed by atoms with Gasteiger partial charge in [0.25, 0.3) is 0 Å². The van der Waals surface area contributed by atoms with E-state index in [1.165, 1.54) is 23.6 Å². The number of alkyl halides is 2. The van der Waals surface area contributed by atoms with E-state index in [0.29, 0.717) is 15.7 Å². The number of allylic oxidation sites excluding steroid dienone is 2. The summed E-state index contributed by atoms with van der Waals surface area (Å²) in [4.78, 5) is 8.71. The van der Waals surface area contributed by atoms with Gasteiger partial charge >= 0.3 is 6.61 Å². The van der Waals surface area contributed by atoms with E-state index in [2.05, 4.69) is 32.8 Å². The van der Waals surface area contributed by atoms with Crippen LogP contribution >= 0.6 is 35.6 Å². The van der Waals surface area contributed by atoms with E-state index in [1.807, 2.05) is 55.4 Å². The summed E-state index contributed by atoms with van der Waals surface area (Å²) in [6.45, 7) is 13.1. The van der Waals surface area contributed by atoms with Crippen molar-refractivity contribution >= 4 is 35.6 Å². The molecule has 0 aliphatic rings. The maximum atomic E-state index is 11.9. The van der Waals surface area contributed by atoms with E-state index in [1.54, 1.807) is 11.4 Å². The van der Waals surface area contributed by atoms with Crippen molar-refractivity contribution in [2.24, 2.45) is 5.84 Å². The zero-order valence-corrected chi connectivity index (χ0v) is 21.4. The number of halogens is 3. The summed E-state index contributed by atoms with van der Waals surface area (Å²) >= 11 is 11.1. The van der Waals surface area contributed by atoms with Gasteiger partial charge in [0.05, 0.1) is 0 Å². The maximum absolute atomic E-state index is 11.9. The second-order valence-electron chi connectivity index (χ2n) is 4.30. The van der Waals surface area contributed by atoms with Crippen molar-refractivity contribution < 1.29 is 13.5 Å². The molecule has 0 bridgehead atoms. The van der Waals surface area contributed by atoms with Gasteiger partial charge in [-0.2, -0.15) is 8.78 Å². The molecule has 10 heteroatoms. The van der Waals surface area contributed by atoms with Crippen LogP contribution in [-0.4, -0.2) is 16.6 Å². The zero-order chi connectivity index (χ0) is 24.1. The van der Waals surface area contributed by atoms with Crippen LogP contribution in [0.15, 0.2) is 34.3 Å². The van der Waals surface area contributed by atoms with Gasteiger partial charge in [-0.1, -0.05) is 60.1 Å². The Bertz CT molecular complexity index is 659. The molecule has 0 amide bonds. The first-order valence-corrected chi connectivity index (χ1v) is 11.4. The van der Waals surface area contributed by atoms with E-state index < -0.39 is 6.61 Å². The predicted molar refractivity (Wildman–Crippen MR) is 130 cm³/mol. The molecule has 0 aliphatic carbocycles. The van der Waals surface area contributed by atoms with Gasteiger partial charge in [0.1, 0.15) is 10.2 Å². The summed E-state index contributed by atoms with van der Waals surface area (Å²) in [5, 5.41) is 2.76. The third-order valence-electron chi connectivity index (χ3n) is 2.63. The molecular weight excluding hydrogens is 450 g/mol. The molecule has 3 N–H and O–H groups in total. The minimum atomic E-state index is -2.87. The predicted octanol–water partition coefficient (Wildman–Crippen LogP) is 7.56. The van der Waals surface area contributed by atoms with Crippen molar-refractivity contribution in [2.75, 3.05) is 0 Å². The quantitative estimate of drug-likeness (QED) is 0.232. The third-order valence-corrected chi connectivity index (χ3v) is 4.12. The Balaban J connectivity index is -0.000000443. The molecule has 0 aliphatic heterocycles. The molecule has 2 heterocycles. The van der Waals surface area contributed by atoms with Crippen molar-refractivity contribution in [3.8, 4) is 16.5 Å². The number of rotatable bonds is 5. The van der Waals surface area contributed by atoms with E-state index in [0.717, 1.165) is 17.0 Å². The van der Waals surface area contributed by atoms with Crippen molar-refractivity contribution in [3.63, 3.8) is 0 Å². The Morgan fingerprint density at radius 2 is 1.80 bits per heavy atom. The summed E-state index contributed by atoms with van der Waals surface area (Å²) in [5.74, 6) is 5.00. The highest BCUT2D eigenvalue weighted by Gasteiger charge is 2.07. The average Bonchev–Trinajstić information content (AvgIpc) is 3.20. The smallest absolute Gasteiger partial charge is 0.388 e. The molecule has 2 rings (SSSR count). The first-order chi connectivity index (χ1) is 14.4. The molecule has 0 radical (unpaired) electrons. The number of hydrogen-bond donors (Lipinski definition) is 3. The second kappa shape index (κ2) is 22.3. The fourth-order valence-electron chi connectivity index (χ4n) is 1.52. The van der Waals surface area contributed by atoms with Crippen LogP contribution in [0.3, 0.4) is 0 Å². The molecule has 0 saturated heterocycles. The number of pyridine rings is 1. The largest absolute Gasteiger partial charge is 0.417 e. The first-order valence-electron chi connectivity index (χ1n) is 9.75. The average molecular weight is 485 g/mol. The van der Waals surface area contributed by atoms with Crippen LogP contribution < -0.4 is 16.0 Å². The molecule has 0 saturated carbocycles. The van der Waals surface area contributed by atoms with Crippen molar-refractivity contribution in [1.82, 2.24) is 15.4 Å². The van der Waals surface area contributed by atoms with Crippen LogP contribution in [0.2, 0.25) is 5.15 Å². The topological polar surface area (TPSA) is 73.1 Å². The van der Waals surface area contributed by atoms with Gasteiger partial charge in [-0.25, -0.2) is 9.97 Å². The lowest BCUT2D eigenvalue weighted by molar-refractivity contribution is -0.0528. The summed E-state index contributed by atoms with van der Waals surface area (Å²) in [6.07, 6.45) is 2.32. The molecule has 2 aromatic rings. The van der Waals surface area contributed by atoms with Crippen molar-refractivity contribution in [1.29, 1.82) is 0 Å². The van der Waals surface area contributed by atoms with Gasteiger partial charge in [-0.3, -0.25) is 5.84 Å². The highest BCUT2D eigenvalue weighted by atomic mass is 35.5. The molecule has 0 atom stereocenters. The Hall–Kier alpha value is -1.42. The molecule has 174 valence electrons. The fourth-order valence-corrected chi connectivity index (χ4v) is 2.68. The highest BCUT2D eigenvalue weighted by molar-refractivity contribution is 7.84. The van der Waals surface area contributed by atoms with E-state index in [9.17, 15) is 8.78 Å². The summed E-state index contributed by atoms with van der Waals surface area (Å²) in [5.41, 5.74) is 4.26. The number of hydrazine groups is 1. The van der Waals surface area contributed by atoms with Gasteiger partial charge in [0.2, 0.25) is 5.88 Å². The number of thiazole rings is 1. The molecule has 30 heavy (non-hydrogen) atoms. The van der Waals surface area contributed by atoms with Crippen LogP contribution in [0.5, 0.6) is 5.88 Å². The Morgan fingerprint density at radius 1 is 1.23 bits per heavy atom. The lowest BCUT2D eigenvalue weighted by Gasteiger charge is -2.02. The molecule has 0 aromatic carbocycles. The normalized spacial score (nSPS) is 9.80. The summed E-state index contributed by atoms with van der Waals surface area (Å²) in [7, 11) is 0. The standard InChI is InChI=1S/C9H5ClF2N2OS.C5H12N2S.3C2H6/c10-6-4-16-8(14-6)5-1-2-7(13-3-5)15-9(11)12;1-3-5(7-6)4(2)8;3*1-2/h1-4,9H;7-8H,3,6H2,1-2H3;3*1-2H3/b;5-4-;;;. The van der Waals surface area contributed by atoms with E-state index in [4.69, 9.17) is 17.4 Å². The van der Waals surface area contributed by atoms with Crippen LogP contribution in [0.4, 0.5) is 8.78 Å². The second-order valence-corrected chi connectivity index (χ2v) is 6.22. The molecule has 0 spiro atoms. The number of thiol groups is 1. The molecular formula is C20H35ClF2N4OS2. The monoisotopic (exact) mass is 484 g/mol. The number of nitrogens with one attached hydrogen (secondary N) is 1. The Morgan fingerprint density at radius 3 is 2.07 bits per heavy atom. The van der Waals surface area contributed by atoms with E-state index >= 15 is 0 Å². The lowest BCUT2D eigenvalue weighted by Crippen LogP contribution is -2.21. The minimum Gasteiger partial charge on any atom is -0.417 e. The summed E-state index contributed by atoms with van der Waals surface area (Å²) < 4.78 is 27.8. The number of nitrogens with two attached hydrogens (primary N) is 1. The zero-order valence-electron chi connectivity index (χ0n) is 19.0. The van der Waals surface area contributed by atoms with Gasteiger partial charge in [0.15, 0.2) is 0 Å². The van der Waals surface area contributed by atoms with Crippen LogP contribution in [0, 0.1) is 0 Å². The number of aromatic nitrogens is 2. The van der Waals surface area contributed by atoms with Gasteiger partial charge in [-0.05, 0) is 24.3 Å². The fraction of sp³-hybridized carbons (Fsp3) is 0.500.